The van der Waals surface area contributed by atoms with Gasteiger partial charge in [0.1, 0.15) is 11.6 Å². The summed E-state index contributed by atoms with van der Waals surface area (Å²) in [6.07, 6.45) is 0. The average molecular weight is 810 g/mol. The van der Waals surface area contributed by atoms with Crippen LogP contribution in [0.3, 0.4) is 0 Å². The lowest BCUT2D eigenvalue weighted by molar-refractivity contribution is 0.660. The first-order chi connectivity index (χ1) is 30.8. The Labute approximate surface area is 366 Å². The van der Waals surface area contributed by atoms with E-state index in [0.717, 1.165) is 55.8 Å². The molecule has 63 heavy (non-hydrogen) atoms. The Bertz CT molecular complexity index is 3370. The highest BCUT2D eigenvalue weighted by atomic mass is 15.3. The minimum atomic E-state index is -0.125. The third-order valence-corrected chi connectivity index (χ3v) is 14.2. The topological polar surface area (TPSA) is 38.9 Å². The van der Waals surface area contributed by atoms with Gasteiger partial charge in [-0.3, -0.25) is 14.0 Å². The number of anilines is 3. The van der Waals surface area contributed by atoms with E-state index in [1.165, 1.54) is 55.3 Å². The van der Waals surface area contributed by atoms with Crippen molar-refractivity contribution in [1.82, 2.24) is 19.1 Å². The Morgan fingerprint density at radius 1 is 0.365 bits per heavy atom. The molecule has 3 heterocycles. The Kier molecular flexibility index (Phi) is 7.35. The highest BCUT2D eigenvalue weighted by Gasteiger charge is 2.38. The SMILES string of the molecule is CC1(C)c2ccccc2-c2cc(N(c3ccc4c(c3)-c3ccccc3C4(C)C)c3cc(-n4c5ccccc5c5ccccc54)nc(-n4c5ccccc5c5ccccc54)n3)ccc21. The highest BCUT2D eigenvalue weighted by molar-refractivity contribution is 6.10. The highest BCUT2D eigenvalue weighted by Crippen LogP contribution is 2.53. The van der Waals surface area contributed by atoms with Crippen molar-refractivity contribution in [2.45, 2.75) is 38.5 Å². The minimum Gasteiger partial charge on any atom is -0.295 e. The molecule has 5 nitrogen and oxygen atoms in total. The number of rotatable bonds is 5. The summed E-state index contributed by atoms with van der Waals surface area (Å²) < 4.78 is 4.56. The van der Waals surface area contributed by atoms with Gasteiger partial charge < -0.3 is 0 Å². The van der Waals surface area contributed by atoms with Crippen LogP contribution in [-0.2, 0) is 10.8 Å². The summed E-state index contributed by atoms with van der Waals surface area (Å²) in [7, 11) is 0. The fraction of sp³-hybridized carbons (Fsp3) is 0.103. The van der Waals surface area contributed by atoms with Crippen LogP contribution in [-0.4, -0.2) is 19.1 Å². The maximum Gasteiger partial charge on any atom is 0.238 e. The molecule has 0 spiro atoms. The lowest BCUT2D eigenvalue weighted by Crippen LogP contribution is -2.17. The maximum absolute atomic E-state index is 5.70. The van der Waals surface area contributed by atoms with Crippen molar-refractivity contribution < 1.29 is 0 Å². The Hall–Kier alpha value is -7.76. The van der Waals surface area contributed by atoms with E-state index in [-0.39, 0.29) is 10.8 Å². The molecule has 11 aromatic rings. The van der Waals surface area contributed by atoms with Gasteiger partial charge in [-0.2, -0.15) is 9.97 Å². The van der Waals surface area contributed by atoms with Gasteiger partial charge in [-0.15, -0.1) is 0 Å². The molecule has 2 aliphatic carbocycles. The van der Waals surface area contributed by atoms with Crippen molar-refractivity contribution in [3.8, 4) is 34.0 Å². The number of para-hydroxylation sites is 4. The summed E-state index contributed by atoms with van der Waals surface area (Å²) in [5.41, 5.74) is 16.6. The van der Waals surface area contributed by atoms with Crippen LogP contribution in [0.2, 0.25) is 0 Å². The van der Waals surface area contributed by atoms with Crippen LogP contribution in [0.15, 0.2) is 188 Å². The zero-order chi connectivity index (χ0) is 42.2. The van der Waals surface area contributed by atoms with Crippen molar-refractivity contribution in [1.29, 1.82) is 0 Å². The molecule has 0 radical (unpaired) electrons. The van der Waals surface area contributed by atoms with Gasteiger partial charge in [0.2, 0.25) is 5.95 Å². The summed E-state index contributed by atoms with van der Waals surface area (Å²) >= 11 is 0. The molecule has 0 fully saturated rings. The second-order valence-corrected chi connectivity index (χ2v) is 18.3. The largest absolute Gasteiger partial charge is 0.295 e. The minimum absolute atomic E-state index is 0.125. The molecular weight excluding hydrogens is 767 g/mol. The van der Waals surface area contributed by atoms with Crippen LogP contribution in [0.5, 0.6) is 0 Å². The molecule has 3 aromatic heterocycles. The molecular formula is C58H43N5. The number of aromatic nitrogens is 4. The molecule has 0 saturated heterocycles. The van der Waals surface area contributed by atoms with Crippen LogP contribution in [0, 0.1) is 0 Å². The number of hydrogen-bond acceptors (Lipinski definition) is 3. The predicted molar refractivity (Wildman–Crippen MR) is 261 cm³/mol. The van der Waals surface area contributed by atoms with E-state index >= 15 is 0 Å². The standard InChI is InChI=1S/C58H43N5/c1-57(2)46-23-11-5-17-38(46)44-33-36(29-31-48(44)57)61(37-30-32-49-45(34-37)39-18-6-12-24-47(39)58(49,3)4)54-35-55(62-50-25-13-7-19-40(50)41-20-8-14-26-51(41)62)60-56(59-54)63-52-27-15-9-21-42(52)43-22-10-16-28-53(43)63/h5-35H,1-4H3. The second kappa shape index (κ2) is 12.9. The van der Waals surface area contributed by atoms with E-state index in [2.05, 4.69) is 230 Å². The van der Waals surface area contributed by atoms with Crippen LogP contribution in [0.1, 0.15) is 49.9 Å². The van der Waals surface area contributed by atoms with E-state index in [4.69, 9.17) is 9.97 Å². The molecule has 5 heteroatoms. The molecule has 2 aliphatic rings. The first-order valence-electron chi connectivity index (χ1n) is 21.9. The van der Waals surface area contributed by atoms with Gasteiger partial charge in [0.05, 0.1) is 22.1 Å². The smallest absolute Gasteiger partial charge is 0.238 e. The van der Waals surface area contributed by atoms with E-state index in [1.807, 2.05) is 0 Å². The average Bonchev–Trinajstić information content (AvgIpc) is 3.98. The third kappa shape index (κ3) is 4.99. The fourth-order valence-corrected chi connectivity index (χ4v) is 11.2. The first-order valence-corrected chi connectivity index (χ1v) is 21.9. The van der Waals surface area contributed by atoms with E-state index in [9.17, 15) is 0 Å². The van der Waals surface area contributed by atoms with Gasteiger partial charge in [0.15, 0.2) is 0 Å². The van der Waals surface area contributed by atoms with E-state index in [1.54, 1.807) is 0 Å². The quantitative estimate of drug-likeness (QED) is 0.174. The lowest BCUT2D eigenvalue weighted by atomic mass is 9.82. The molecule has 0 saturated carbocycles. The second-order valence-electron chi connectivity index (χ2n) is 18.3. The Morgan fingerprint density at radius 3 is 1.21 bits per heavy atom. The van der Waals surface area contributed by atoms with Gasteiger partial charge in [0, 0.05) is 49.8 Å². The number of benzene rings is 8. The van der Waals surface area contributed by atoms with E-state index < -0.39 is 0 Å². The van der Waals surface area contributed by atoms with Crippen LogP contribution >= 0.6 is 0 Å². The maximum atomic E-state index is 5.70. The fourth-order valence-electron chi connectivity index (χ4n) is 11.2. The molecule has 0 N–H and O–H groups in total. The van der Waals surface area contributed by atoms with Crippen molar-refractivity contribution in [3.05, 3.63) is 210 Å². The van der Waals surface area contributed by atoms with Crippen LogP contribution in [0.4, 0.5) is 17.2 Å². The first kappa shape index (κ1) is 35.9. The van der Waals surface area contributed by atoms with E-state index in [0.29, 0.717) is 5.95 Å². The summed E-state index contributed by atoms with van der Waals surface area (Å²) in [5, 5.41) is 4.70. The Morgan fingerprint density at radius 2 is 0.746 bits per heavy atom. The summed E-state index contributed by atoms with van der Waals surface area (Å²) in [6, 6.07) is 68.5. The zero-order valence-electron chi connectivity index (χ0n) is 35.6. The molecule has 8 aromatic carbocycles. The molecule has 0 aliphatic heterocycles. The molecule has 300 valence electrons. The summed E-state index contributed by atoms with van der Waals surface area (Å²) in [5.74, 6) is 2.17. The van der Waals surface area contributed by atoms with Crippen molar-refractivity contribution >= 4 is 60.8 Å². The van der Waals surface area contributed by atoms with Crippen LogP contribution in [0.25, 0.3) is 77.6 Å². The van der Waals surface area contributed by atoms with Gasteiger partial charge >= 0.3 is 0 Å². The summed E-state index contributed by atoms with van der Waals surface area (Å²) in [6.45, 7) is 9.37. The molecule has 0 bridgehead atoms. The molecule has 0 atom stereocenters. The van der Waals surface area contributed by atoms with Gasteiger partial charge in [-0.1, -0.05) is 161 Å². The van der Waals surface area contributed by atoms with Crippen molar-refractivity contribution in [3.63, 3.8) is 0 Å². The lowest BCUT2D eigenvalue weighted by Gasteiger charge is -2.28. The zero-order valence-corrected chi connectivity index (χ0v) is 35.6. The normalized spacial score (nSPS) is 14.3. The predicted octanol–water partition coefficient (Wildman–Crippen LogP) is 14.8. The molecule has 0 amide bonds. The molecule has 0 unspecified atom stereocenters. The number of hydrogen-bond donors (Lipinski definition) is 0. The molecule has 13 rings (SSSR count). The Balaban J connectivity index is 1.14. The number of fused-ring (bicyclic) bond motifs is 12. The monoisotopic (exact) mass is 809 g/mol. The third-order valence-electron chi connectivity index (χ3n) is 14.2. The van der Waals surface area contributed by atoms with Crippen molar-refractivity contribution in [2.24, 2.45) is 0 Å². The summed E-state index contributed by atoms with van der Waals surface area (Å²) in [4.78, 5) is 13.6. The van der Waals surface area contributed by atoms with Gasteiger partial charge in [-0.05, 0) is 93.0 Å². The van der Waals surface area contributed by atoms with Crippen molar-refractivity contribution in [2.75, 3.05) is 4.90 Å². The van der Waals surface area contributed by atoms with Crippen LogP contribution < -0.4 is 4.90 Å². The number of nitrogens with zero attached hydrogens (tertiary/aromatic N) is 5. The van der Waals surface area contributed by atoms with Gasteiger partial charge in [0.25, 0.3) is 0 Å². The van der Waals surface area contributed by atoms with Gasteiger partial charge in [-0.25, -0.2) is 0 Å².